The summed E-state index contributed by atoms with van der Waals surface area (Å²) >= 11 is 3.09. The first-order chi connectivity index (χ1) is 8.52. The lowest BCUT2D eigenvalue weighted by molar-refractivity contribution is -0.137. The van der Waals surface area contributed by atoms with Crippen LogP contribution in [-0.4, -0.2) is 23.4 Å². The maximum Gasteiger partial charge on any atom is 0.303 e. The Hall–Kier alpha value is -1.43. The minimum Gasteiger partial charge on any atom is -0.481 e. The normalized spacial score (nSPS) is 11.4. The fraction of sp³-hybridized carbons (Fsp3) is 0.333. The van der Waals surface area contributed by atoms with Gasteiger partial charge in [0.25, 0.3) is 0 Å². The summed E-state index contributed by atoms with van der Waals surface area (Å²) in [7, 11) is 0. The number of benzene rings is 1. The highest BCUT2D eigenvalue weighted by atomic mass is 79.9. The Morgan fingerprint density at radius 1 is 1.56 bits per heavy atom. The predicted octanol–water partition coefficient (Wildman–Crippen LogP) is 3.19. The van der Waals surface area contributed by atoms with Crippen molar-refractivity contribution in [3.05, 3.63) is 34.1 Å². The first-order valence-electron chi connectivity index (χ1n) is 5.35. The zero-order valence-electron chi connectivity index (χ0n) is 9.82. The lowest BCUT2D eigenvalue weighted by Crippen LogP contribution is -2.02. The van der Waals surface area contributed by atoms with Crippen LogP contribution in [0.25, 0.3) is 0 Å². The number of carboxylic acids is 1. The number of hydrogen-bond acceptors (Lipinski definition) is 3. The lowest BCUT2D eigenvalue weighted by Gasteiger charge is -2.04. The zero-order chi connectivity index (χ0) is 13.5. The van der Waals surface area contributed by atoms with Crippen molar-refractivity contribution in [3.8, 4) is 0 Å². The van der Waals surface area contributed by atoms with Crippen molar-refractivity contribution in [1.82, 2.24) is 0 Å². The second-order valence-corrected chi connectivity index (χ2v) is 4.46. The molecule has 0 fully saturated rings. The standard InChI is InChI=1S/C12H13BrFNO3/c1-8(15-18-7-3-6-11(16)17)9-4-2-5-10(13)12(9)14/h2,4-5H,3,6-7H2,1H3,(H,16,17)/b15-8-. The van der Waals surface area contributed by atoms with Gasteiger partial charge in [-0.3, -0.25) is 4.79 Å². The van der Waals surface area contributed by atoms with Crippen molar-refractivity contribution in [3.63, 3.8) is 0 Å². The first-order valence-corrected chi connectivity index (χ1v) is 6.14. The Balaban J connectivity index is 2.55. The quantitative estimate of drug-likeness (QED) is 0.498. The molecule has 0 radical (unpaired) electrons. The van der Waals surface area contributed by atoms with Gasteiger partial charge in [0.05, 0.1) is 10.2 Å². The van der Waals surface area contributed by atoms with E-state index < -0.39 is 11.8 Å². The molecule has 4 nitrogen and oxygen atoms in total. The van der Waals surface area contributed by atoms with Crippen LogP contribution in [0.5, 0.6) is 0 Å². The highest BCUT2D eigenvalue weighted by molar-refractivity contribution is 9.10. The van der Waals surface area contributed by atoms with Crippen LogP contribution in [0.15, 0.2) is 27.8 Å². The summed E-state index contributed by atoms with van der Waals surface area (Å²) < 4.78 is 14.0. The van der Waals surface area contributed by atoms with Gasteiger partial charge in [-0.15, -0.1) is 0 Å². The van der Waals surface area contributed by atoms with E-state index in [0.717, 1.165) is 0 Å². The van der Waals surface area contributed by atoms with Crippen molar-refractivity contribution in [2.45, 2.75) is 19.8 Å². The van der Waals surface area contributed by atoms with Crippen LogP contribution >= 0.6 is 15.9 Å². The molecular weight excluding hydrogens is 305 g/mol. The number of carboxylic acid groups (broad SMARTS) is 1. The Labute approximate surface area is 113 Å². The molecule has 18 heavy (non-hydrogen) atoms. The number of carbonyl (C=O) groups is 1. The van der Waals surface area contributed by atoms with E-state index in [9.17, 15) is 9.18 Å². The third kappa shape index (κ3) is 4.44. The molecule has 1 N–H and O–H groups in total. The molecule has 0 aliphatic carbocycles. The second-order valence-electron chi connectivity index (χ2n) is 3.61. The molecule has 0 heterocycles. The molecule has 0 atom stereocenters. The van der Waals surface area contributed by atoms with Crippen LogP contribution in [0.3, 0.4) is 0 Å². The molecule has 0 aliphatic heterocycles. The van der Waals surface area contributed by atoms with Gasteiger partial charge >= 0.3 is 5.97 Å². The maximum atomic E-state index is 13.7. The zero-order valence-corrected chi connectivity index (χ0v) is 11.4. The van der Waals surface area contributed by atoms with Crippen molar-refractivity contribution < 1.29 is 19.1 Å². The molecule has 0 bridgehead atoms. The lowest BCUT2D eigenvalue weighted by atomic mass is 10.1. The van der Waals surface area contributed by atoms with Gasteiger partial charge in [0.1, 0.15) is 12.4 Å². The van der Waals surface area contributed by atoms with Gasteiger partial charge in [0.2, 0.25) is 0 Å². The van der Waals surface area contributed by atoms with E-state index in [1.807, 2.05) is 0 Å². The summed E-state index contributed by atoms with van der Waals surface area (Å²) in [4.78, 5) is 15.2. The highest BCUT2D eigenvalue weighted by Crippen LogP contribution is 2.19. The summed E-state index contributed by atoms with van der Waals surface area (Å²) in [6.45, 7) is 1.82. The van der Waals surface area contributed by atoms with E-state index >= 15 is 0 Å². The molecule has 1 aromatic carbocycles. The Morgan fingerprint density at radius 2 is 2.28 bits per heavy atom. The average molecular weight is 318 g/mol. The van der Waals surface area contributed by atoms with Crippen molar-refractivity contribution in [2.24, 2.45) is 5.16 Å². The third-order valence-electron chi connectivity index (χ3n) is 2.17. The summed E-state index contributed by atoms with van der Waals surface area (Å²) in [5.41, 5.74) is 0.756. The number of halogens is 2. The van der Waals surface area contributed by atoms with Crippen LogP contribution in [-0.2, 0) is 9.63 Å². The number of nitrogens with zero attached hydrogens (tertiary/aromatic N) is 1. The van der Waals surface area contributed by atoms with Crippen molar-refractivity contribution in [1.29, 1.82) is 0 Å². The fourth-order valence-electron chi connectivity index (χ4n) is 1.26. The molecule has 0 saturated heterocycles. The molecule has 0 saturated carbocycles. The topological polar surface area (TPSA) is 58.9 Å². The molecule has 0 unspecified atom stereocenters. The second kappa shape index (κ2) is 7.10. The molecule has 0 amide bonds. The SMILES string of the molecule is C/C(=N/OCCCC(=O)O)c1cccc(Br)c1F. The van der Waals surface area contributed by atoms with Gasteiger partial charge in [0.15, 0.2) is 0 Å². The van der Waals surface area contributed by atoms with Gasteiger partial charge < -0.3 is 9.94 Å². The van der Waals surface area contributed by atoms with Gasteiger partial charge in [-0.2, -0.15) is 0 Å². The van der Waals surface area contributed by atoms with E-state index in [-0.39, 0.29) is 13.0 Å². The number of rotatable bonds is 6. The summed E-state index contributed by atoms with van der Waals surface area (Å²) in [5.74, 6) is -1.27. The number of aliphatic carboxylic acids is 1. The number of hydrogen-bond donors (Lipinski definition) is 1. The van der Waals surface area contributed by atoms with E-state index in [4.69, 9.17) is 9.94 Å². The summed E-state index contributed by atoms with van der Waals surface area (Å²) in [6, 6.07) is 4.89. The van der Waals surface area contributed by atoms with Gasteiger partial charge in [0, 0.05) is 12.0 Å². The predicted molar refractivity (Wildman–Crippen MR) is 69.1 cm³/mol. The van der Waals surface area contributed by atoms with Crippen molar-refractivity contribution >= 4 is 27.6 Å². The average Bonchev–Trinajstić information content (AvgIpc) is 2.31. The molecule has 0 aliphatic rings. The molecule has 98 valence electrons. The van der Waals surface area contributed by atoms with Crippen LogP contribution in [0.2, 0.25) is 0 Å². The monoisotopic (exact) mass is 317 g/mol. The molecule has 1 rings (SSSR count). The van der Waals surface area contributed by atoms with E-state index in [2.05, 4.69) is 21.1 Å². The van der Waals surface area contributed by atoms with Crippen LogP contribution in [0, 0.1) is 5.82 Å². The Kier molecular flexibility index (Phi) is 5.77. The molecule has 0 spiro atoms. The minimum absolute atomic E-state index is 0.0276. The third-order valence-corrected chi connectivity index (χ3v) is 2.78. The van der Waals surface area contributed by atoms with Gasteiger partial charge in [-0.05, 0) is 35.3 Å². The van der Waals surface area contributed by atoms with E-state index in [1.54, 1.807) is 25.1 Å². The highest BCUT2D eigenvalue weighted by Gasteiger charge is 2.08. The first kappa shape index (κ1) is 14.6. The van der Waals surface area contributed by atoms with E-state index in [1.165, 1.54) is 0 Å². The molecule has 1 aromatic rings. The van der Waals surface area contributed by atoms with Crippen LogP contribution in [0.1, 0.15) is 25.3 Å². The van der Waals surface area contributed by atoms with Gasteiger partial charge in [-0.1, -0.05) is 17.3 Å². The largest absolute Gasteiger partial charge is 0.481 e. The van der Waals surface area contributed by atoms with Crippen LogP contribution < -0.4 is 0 Å². The molecule has 6 heteroatoms. The summed E-state index contributed by atoms with van der Waals surface area (Å²) in [5, 5.41) is 12.2. The molecule has 0 aromatic heterocycles. The number of oxime groups is 1. The fourth-order valence-corrected chi connectivity index (χ4v) is 1.63. The Bertz CT molecular complexity index is 463. The summed E-state index contributed by atoms with van der Waals surface area (Å²) in [6.07, 6.45) is 0.396. The maximum absolute atomic E-state index is 13.7. The van der Waals surface area contributed by atoms with Gasteiger partial charge in [-0.25, -0.2) is 4.39 Å². The smallest absolute Gasteiger partial charge is 0.303 e. The van der Waals surface area contributed by atoms with Crippen molar-refractivity contribution in [2.75, 3.05) is 6.61 Å². The minimum atomic E-state index is -0.877. The van der Waals surface area contributed by atoms with E-state index in [0.29, 0.717) is 22.2 Å². The van der Waals surface area contributed by atoms with Crippen LogP contribution in [0.4, 0.5) is 4.39 Å². The Morgan fingerprint density at radius 3 is 2.94 bits per heavy atom. The molecular formula is C12H13BrFNO3.